The van der Waals surface area contributed by atoms with Crippen LogP contribution in [0.3, 0.4) is 0 Å². The average molecular weight is 196 g/mol. The first kappa shape index (κ1) is 11.4. The topological polar surface area (TPSA) is 55.8 Å². The van der Waals surface area contributed by atoms with Crippen molar-refractivity contribution in [1.29, 1.82) is 0 Å². The number of hydrogen-bond donors (Lipinski definition) is 1. The first-order chi connectivity index (χ1) is 5.27. The van der Waals surface area contributed by atoms with Gasteiger partial charge in [0.1, 0.15) is 0 Å². The van der Waals surface area contributed by atoms with Crippen LogP contribution in [0, 0.1) is 0 Å². The molecule has 0 fully saturated rings. The molecule has 1 atom stereocenters. The maximum atomic E-state index is 10.3. The molecule has 0 rings (SSSR count). The molecule has 4 nitrogen and oxygen atoms in total. The molecule has 11 heavy (non-hydrogen) atoms. The molecule has 0 aromatic rings. The normalized spacial score (nSPS) is 11.5. The Morgan fingerprint density at radius 3 is 2.73 bits per heavy atom. The van der Waals surface area contributed by atoms with Gasteiger partial charge in [-0.25, -0.2) is 0 Å². The molecule has 0 saturated heterocycles. The Hall–Kier alpha value is 0.395. The van der Waals surface area contributed by atoms with E-state index in [1.54, 1.807) is 0 Å². The summed E-state index contributed by atoms with van der Waals surface area (Å²) in [6.07, 6.45) is 0. The van der Waals surface area contributed by atoms with E-state index < -0.39 is 6.49 Å². The molecule has 0 aliphatic carbocycles. The zero-order valence-electron chi connectivity index (χ0n) is 6.06. The first-order valence-corrected chi connectivity index (χ1v) is 5.82. The fraction of sp³-hybridized carbons (Fsp3) is 1.00. The van der Waals surface area contributed by atoms with Gasteiger partial charge in [-0.05, 0) is 0 Å². The van der Waals surface area contributed by atoms with E-state index in [9.17, 15) is 4.57 Å². The molecule has 0 radical (unpaired) electrons. The molecule has 0 amide bonds. The van der Waals surface area contributed by atoms with Crippen molar-refractivity contribution >= 4 is 25.3 Å². The molecule has 7 heteroatoms. The van der Waals surface area contributed by atoms with E-state index in [2.05, 4.69) is 7.18 Å². The molecule has 0 aliphatic rings. The van der Waals surface area contributed by atoms with E-state index in [0.29, 0.717) is 19.8 Å². The second-order valence-corrected chi connectivity index (χ2v) is 4.28. The van der Waals surface area contributed by atoms with Gasteiger partial charge in [0, 0.05) is 0 Å². The zero-order chi connectivity index (χ0) is 8.53. The third-order valence-electron chi connectivity index (χ3n) is 0.682. The van der Waals surface area contributed by atoms with E-state index in [-0.39, 0.29) is 6.61 Å². The van der Waals surface area contributed by atoms with Gasteiger partial charge < -0.3 is 0 Å². The Labute approximate surface area is 71.0 Å². The molecular formula is C4H10BO4PS. The van der Waals surface area contributed by atoms with E-state index in [1.807, 2.05) is 0 Å². The summed E-state index contributed by atoms with van der Waals surface area (Å²) in [7, 11) is 3.24. The number of aliphatic hydroxyl groups is 1. The molecule has 0 spiro atoms. The molecule has 0 saturated carbocycles. The van der Waals surface area contributed by atoms with Crippen molar-refractivity contribution in [2.75, 3.05) is 26.4 Å². The SMILES string of the molecule is B=P(=O)SOCCOCCO. The van der Waals surface area contributed by atoms with Gasteiger partial charge in [-0.15, -0.1) is 0 Å². The van der Waals surface area contributed by atoms with Crippen LogP contribution in [0.25, 0.3) is 0 Å². The fourth-order valence-electron chi connectivity index (χ4n) is 0.356. The molecular weight excluding hydrogens is 186 g/mol. The molecule has 0 aromatic heterocycles. The van der Waals surface area contributed by atoms with E-state index in [1.165, 1.54) is 0 Å². The van der Waals surface area contributed by atoms with Gasteiger partial charge in [-0.1, -0.05) is 0 Å². The summed E-state index contributed by atoms with van der Waals surface area (Å²) < 4.78 is 20.0. The second kappa shape index (κ2) is 8.49. The fourth-order valence-corrected chi connectivity index (χ4v) is 1.19. The van der Waals surface area contributed by atoms with Gasteiger partial charge in [0.2, 0.25) is 0 Å². The van der Waals surface area contributed by atoms with Gasteiger partial charge in [-0.3, -0.25) is 0 Å². The quantitative estimate of drug-likeness (QED) is 0.273. The third-order valence-corrected chi connectivity index (χ3v) is 1.94. The summed E-state index contributed by atoms with van der Waals surface area (Å²) >= 11 is 0.845. The molecule has 1 N–H and O–H groups in total. The molecule has 0 bridgehead atoms. The number of hydrogen-bond acceptors (Lipinski definition) is 5. The van der Waals surface area contributed by atoms with Crippen molar-refractivity contribution in [3.63, 3.8) is 0 Å². The molecule has 0 aliphatic heterocycles. The molecule has 0 heterocycles. The van der Waals surface area contributed by atoms with Crippen LogP contribution in [0.4, 0.5) is 0 Å². The summed E-state index contributed by atoms with van der Waals surface area (Å²) in [5, 5.41) is 8.28. The molecule has 1 unspecified atom stereocenters. The van der Waals surface area contributed by atoms with Crippen LogP contribution < -0.4 is 0 Å². The Bertz CT molecular complexity index is 143. The van der Waals surface area contributed by atoms with Crippen LogP contribution in [-0.2, 0) is 13.5 Å². The van der Waals surface area contributed by atoms with Gasteiger partial charge in [0.15, 0.2) is 0 Å². The van der Waals surface area contributed by atoms with Gasteiger partial charge in [-0.2, -0.15) is 0 Å². The summed E-state index contributed by atoms with van der Waals surface area (Å²) in [5.74, 6) is 0. The third kappa shape index (κ3) is 10.4. The van der Waals surface area contributed by atoms with Crippen molar-refractivity contribution < 1.29 is 18.6 Å². The van der Waals surface area contributed by atoms with Crippen LogP contribution in [0.2, 0.25) is 0 Å². The van der Waals surface area contributed by atoms with Crippen molar-refractivity contribution in [2.45, 2.75) is 0 Å². The van der Waals surface area contributed by atoms with Crippen molar-refractivity contribution in [1.82, 2.24) is 0 Å². The van der Waals surface area contributed by atoms with Crippen LogP contribution >= 0.6 is 18.2 Å². The van der Waals surface area contributed by atoms with Gasteiger partial charge in [0.05, 0.1) is 0 Å². The van der Waals surface area contributed by atoms with E-state index in [0.717, 1.165) is 11.7 Å². The number of aliphatic hydroxyl groups excluding tert-OH is 1. The Morgan fingerprint density at radius 2 is 2.18 bits per heavy atom. The molecule has 64 valence electrons. The summed E-state index contributed by atoms with van der Waals surface area (Å²) in [4.78, 5) is 0. The maximum absolute atomic E-state index is 10.3. The number of rotatable bonds is 7. The average Bonchev–Trinajstić information content (AvgIpc) is 1.96. The van der Waals surface area contributed by atoms with E-state index >= 15 is 0 Å². The van der Waals surface area contributed by atoms with Crippen molar-refractivity contribution in [2.24, 2.45) is 0 Å². The van der Waals surface area contributed by atoms with Crippen LogP contribution in [0.1, 0.15) is 0 Å². The van der Waals surface area contributed by atoms with Gasteiger partial charge >= 0.3 is 70.4 Å². The van der Waals surface area contributed by atoms with E-state index in [4.69, 9.17) is 14.0 Å². The molecule has 0 aromatic carbocycles. The predicted molar refractivity (Wildman–Crippen MR) is 46.2 cm³/mol. The summed E-state index contributed by atoms with van der Waals surface area (Å²) in [6, 6.07) is 0. The monoisotopic (exact) mass is 196 g/mol. The summed E-state index contributed by atoms with van der Waals surface area (Å²) in [5.41, 5.74) is 0. The van der Waals surface area contributed by atoms with Crippen LogP contribution in [-0.4, -0.2) is 38.7 Å². The Balaban J connectivity index is 2.90. The second-order valence-electron chi connectivity index (χ2n) is 1.57. The van der Waals surface area contributed by atoms with Crippen molar-refractivity contribution in [3.8, 4) is 0 Å². The first-order valence-electron chi connectivity index (χ1n) is 3.03. The number of ether oxygens (including phenoxy) is 1. The predicted octanol–water partition coefficient (Wildman–Crippen LogP) is 0.218. The summed E-state index contributed by atoms with van der Waals surface area (Å²) in [6.45, 7) is -0.453. The van der Waals surface area contributed by atoms with Crippen LogP contribution in [0.15, 0.2) is 0 Å². The zero-order valence-corrected chi connectivity index (χ0v) is 7.77. The Morgan fingerprint density at radius 1 is 1.45 bits per heavy atom. The minimum atomic E-state index is -1.54. The Kier molecular flexibility index (Phi) is 8.80. The van der Waals surface area contributed by atoms with Gasteiger partial charge in [0.25, 0.3) is 0 Å². The standard InChI is InChI=1S/C4H10BO4PS/c5-10(7)11-9-4-3-8-2-1-6/h5-6H,1-4H2. The minimum absolute atomic E-state index is 0.0107. The van der Waals surface area contributed by atoms with Crippen molar-refractivity contribution in [3.05, 3.63) is 0 Å². The van der Waals surface area contributed by atoms with Crippen LogP contribution in [0.5, 0.6) is 0 Å².